The molecule has 0 radical (unpaired) electrons. The molecule has 25 heavy (non-hydrogen) atoms. The lowest BCUT2D eigenvalue weighted by Crippen LogP contribution is -2.19. The first-order chi connectivity index (χ1) is 11.9. The van der Waals surface area contributed by atoms with Gasteiger partial charge in [0.05, 0.1) is 13.2 Å². The predicted molar refractivity (Wildman–Crippen MR) is 88.2 cm³/mol. The molecule has 0 aliphatic heterocycles. The van der Waals surface area contributed by atoms with Crippen molar-refractivity contribution in [3.8, 4) is 17.2 Å². The van der Waals surface area contributed by atoms with E-state index in [0.29, 0.717) is 36.4 Å². The van der Waals surface area contributed by atoms with Gasteiger partial charge in [0, 0.05) is 5.56 Å². The molecule has 0 unspecified atom stereocenters. The van der Waals surface area contributed by atoms with E-state index in [1.54, 1.807) is 13.0 Å². The van der Waals surface area contributed by atoms with Gasteiger partial charge in [0.25, 0.3) is 0 Å². The van der Waals surface area contributed by atoms with Crippen LogP contribution in [0.4, 0.5) is 13.2 Å². The molecule has 0 spiro atoms. The fraction of sp³-hybridized carbons (Fsp3) is 0.684. The second kappa shape index (κ2) is 7.75. The maximum Gasteiger partial charge on any atom is 0.573 e. The molecule has 0 saturated heterocycles. The number of halogens is 3. The smallest absolute Gasteiger partial charge is 0.493 e. The van der Waals surface area contributed by atoms with Crippen LogP contribution in [0.1, 0.15) is 50.5 Å². The minimum atomic E-state index is -4.76. The predicted octanol–water partition coefficient (Wildman–Crippen LogP) is 5.64. The van der Waals surface area contributed by atoms with Gasteiger partial charge < -0.3 is 14.2 Å². The zero-order chi connectivity index (χ0) is 17.9. The van der Waals surface area contributed by atoms with Gasteiger partial charge in [-0.1, -0.05) is 25.7 Å². The first-order valence-electron chi connectivity index (χ1n) is 9.07. The van der Waals surface area contributed by atoms with Gasteiger partial charge in [0.15, 0.2) is 11.5 Å². The Bertz CT molecular complexity index is 576. The maximum atomic E-state index is 12.8. The molecule has 0 aromatic heterocycles. The van der Waals surface area contributed by atoms with Crippen LogP contribution in [0.25, 0.3) is 0 Å². The van der Waals surface area contributed by atoms with Crippen LogP contribution in [0.2, 0.25) is 0 Å². The second-order valence-electron chi connectivity index (χ2n) is 7.11. The molecule has 0 heterocycles. The van der Waals surface area contributed by atoms with Crippen LogP contribution in [-0.4, -0.2) is 19.6 Å². The Labute approximate surface area is 146 Å². The third kappa shape index (κ3) is 5.44. The molecule has 0 bridgehead atoms. The van der Waals surface area contributed by atoms with Gasteiger partial charge in [0.2, 0.25) is 0 Å². The number of benzene rings is 1. The molecular weight excluding hydrogens is 333 g/mol. The molecule has 2 aliphatic carbocycles. The largest absolute Gasteiger partial charge is 0.573 e. The van der Waals surface area contributed by atoms with Crippen molar-refractivity contribution in [2.45, 2.75) is 58.2 Å². The third-order valence-corrected chi connectivity index (χ3v) is 4.97. The van der Waals surface area contributed by atoms with Crippen molar-refractivity contribution in [2.75, 3.05) is 13.2 Å². The van der Waals surface area contributed by atoms with Crippen LogP contribution in [-0.2, 0) is 0 Å². The molecule has 0 atom stereocenters. The molecule has 1 aromatic rings. The van der Waals surface area contributed by atoms with E-state index in [-0.39, 0.29) is 11.5 Å². The van der Waals surface area contributed by atoms with Crippen molar-refractivity contribution in [3.05, 3.63) is 17.7 Å². The van der Waals surface area contributed by atoms with E-state index in [4.69, 9.17) is 9.47 Å². The van der Waals surface area contributed by atoms with Crippen LogP contribution in [0.5, 0.6) is 17.2 Å². The lowest BCUT2D eigenvalue weighted by Gasteiger charge is -2.19. The summed E-state index contributed by atoms with van der Waals surface area (Å²) in [5, 5.41) is 0. The number of rotatable bonds is 8. The Morgan fingerprint density at radius 1 is 0.960 bits per heavy atom. The van der Waals surface area contributed by atoms with E-state index in [0.717, 1.165) is 19.3 Å². The molecule has 3 nitrogen and oxygen atoms in total. The van der Waals surface area contributed by atoms with Crippen LogP contribution in [0.15, 0.2) is 12.1 Å². The zero-order valence-corrected chi connectivity index (χ0v) is 14.5. The third-order valence-electron chi connectivity index (χ3n) is 4.97. The van der Waals surface area contributed by atoms with E-state index < -0.39 is 6.36 Å². The topological polar surface area (TPSA) is 27.7 Å². The summed E-state index contributed by atoms with van der Waals surface area (Å²) in [7, 11) is 0. The summed E-state index contributed by atoms with van der Waals surface area (Å²) in [5.74, 6) is 1.41. The standard InChI is InChI=1S/C19H25F3O3/c1-13-16(24-12-15-6-7-15)8-9-17(18(13)25-19(20,21)22)23-11-10-14-4-2-3-5-14/h8-9,14-15H,2-7,10-12H2,1H3. The maximum absolute atomic E-state index is 12.8. The highest BCUT2D eigenvalue weighted by molar-refractivity contribution is 5.53. The number of alkyl halides is 3. The highest BCUT2D eigenvalue weighted by Gasteiger charge is 2.34. The highest BCUT2D eigenvalue weighted by Crippen LogP contribution is 2.41. The molecule has 0 N–H and O–H groups in total. The Morgan fingerprint density at radius 2 is 1.64 bits per heavy atom. The van der Waals surface area contributed by atoms with Crippen LogP contribution < -0.4 is 14.2 Å². The summed E-state index contributed by atoms with van der Waals surface area (Å²) >= 11 is 0. The van der Waals surface area contributed by atoms with Gasteiger partial charge in [-0.3, -0.25) is 0 Å². The van der Waals surface area contributed by atoms with Crippen LogP contribution >= 0.6 is 0 Å². The molecule has 1 aromatic carbocycles. The summed E-state index contributed by atoms with van der Waals surface area (Å²) in [4.78, 5) is 0. The van der Waals surface area contributed by atoms with E-state index in [2.05, 4.69) is 4.74 Å². The van der Waals surface area contributed by atoms with Gasteiger partial charge in [-0.05, 0) is 50.2 Å². The van der Waals surface area contributed by atoms with Crippen molar-refractivity contribution in [1.29, 1.82) is 0 Å². The Hall–Kier alpha value is -1.59. The minimum absolute atomic E-state index is 0.131. The van der Waals surface area contributed by atoms with Crippen molar-refractivity contribution < 1.29 is 27.4 Å². The summed E-state index contributed by atoms with van der Waals surface area (Å²) < 4.78 is 54.0. The average molecular weight is 358 g/mol. The highest BCUT2D eigenvalue weighted by atomic mass is 19.4. The van der Waals surface area contributed by atoms with Crippen molar-refractivity contribution in [1.82, 2.24) is 0 Å². The lowest BCUT2D eigenvalue weighted by atomic mass is 10.1. The van der Waals surface area contributed by atoms with Crippen LogP contribution in [0.3, 0.4) is 0 Å². The normalized spacial score (nSPS) is 18.4. The molecular formula is C19H25F3O3. The summed E-state index contributed by atoms with van der Waals surface area (Å²) in [6, 6.07) is 3.19. The van der Waals surface area contributed by atoms with E-state index in [9.17, 15) is 13.2 Å². The molecule has 0 amide bonds. The summed E-state index contributed by atoms with van der Waals surface area (Å²) in [6.45, 7) is 2.52. The van der Waals surface area contributed by atoms with Crippen molar-refractivity contribution in [2.24, 2.45) is 11.8 Å². The summed E-state index contributed by atoms with van der Waals surface area (Å²) in [6.07, 6.45) is 3.18. The molecule has 140 valence electrons. The van der Waals surface area contributed by atoms with E-state index >= 15 is 0 Å². The van der Waals surface area contributed by atoms with Gasteiger partial charge >= 0.3 is 6.36 Å². The zero-order valence-electron chi connectivity index (χ0n) is 14.5. The Balaban J connectivity index is 1.68. The summed E-state index contributed by atoms with van der Waals surface area (Å²) in [5.41, 5.74) is 0.330. The minimum Gasteiger partial charge on any atom is -0.493 e. The Kier molecular flexibility index (Phi) is 5.64. The number of hydrogen-bond donors (Lipinski definition) is 0. The molecule has 2 saturated carbocycles. The van der Waals surface area contributed by atoms with Crippen LogP contribution in [0, 0.1) is 18.8 Å². The molecule has 2 fully saturated rings. The average Bonchev–Trinajstić information content (AvgIpc) is 3.23. The number of ether oxygens (including phenoxy) is 3. The quantitative estimate of drug-likeness (QED) is 0.602. The van der Waals surface area contributed by atoms with E-state index in [1.165, 1.54) is 31.7 Å². The molecule has 6 heteroatoms. The first kappa shape index (κ1) is 18.2. The van der Waals surface area contributed by atoms with Gasteiger partial charge in [-0.15, -0.1) is 13.2 Å². The second-order valence-corrected chi connectivity index (χ2v) is 7.11. The first-order valence-corrected chi connectivity index (χ1v) is 9.07. The van der Waals surface area contributed by atoms with Gasteiger partial charge in [-0.25, -0.2) is 0 Å². The van der Waals surface area contributed by atoms with Gasteiger partial charge in [-0.2, -0.15) is 0 Å². The SMILES string of the molecule is Cc1c(OCC2CC2)ccc(OCCC2CCCC2)c1OC(F)(F)F. The fourth-order valence-corrected chi connectivity index (χ4v) is 3.29. The van der Waals surface area contributed by atoms with Crippen molar-refractivity contribution in [3.63, 3.8) is 0 Å². The van der Waals surface area contributed by atoms with Crippen molar-refractivity contribution >= 4 is 0 Å². The monoisotopic (exact) mass is 358 g/mol. The fourth-order valence-electron chi connectivity index (χ4n) is 3.29. The lowest BCUT2D eigenvalue weighted by molar-refractivity contribution is -0.275. The molecule has 2 aliphatic rings. The Morgan fingerprint density at radius 3 is 2.28 bits per heavy atom. The molecule has 3 rings (SSSR count). The van der Waals surface area contributed by atoms with E-state index in [1.807, 2.05) is 0 Å². The number of hydrogen-bond acceptors (Lipinski definition) is 3. The van der Waals surface area contributed by atoms with Gasteiger partial charge in [0.1, 0.15) is 5.75 Å².